The predicted octanol–water partition coefficient (Wildman–Crippen LogP) is 2.94. The highest BCUT2D eigenvalue weighted by atomic mass is 16.6. The molecule has 2 aromatic carbocycles. The Morgan fingerprint density at radius 3 is 2.82 bits per heavy atom. The Hall–Kier alpha value is -3.32. The smallest absolute Gasteiger partial charge is 0.294 e. The van der Waals surface area contributed by atoms with Crippen LogP contribution < -0.4 is 15.0 Å². The fraction of sp³-hybridized carbons (Fsp3) is 0.238. The van der Waals surface area contributed by atoms with Crippen molar-refractivity contribution in [1.29, 1.82) is 0 Å². The number of para-hydroxylation sites is 3. The summed E-state index contributed by atoms with van der Waals surface area (Å²) in [6.07, 6.45) is -0.0925. The first-order valence-corrected chi connectivity index (χ1v) is 9.15. The third-order valence-corrected chi connectivity index (χ3v) is 4.78. The molecule has 2 aromatic heterocycles. The number of aromatic nitrogens is 2. The molecule has 3 heterocycles. The Morgan fingerprint density at radius 1 is 1.14 bits per heavy atom. The second-order valence-corrected chi connectivity index (χ2v) is 6.98. The van der Waals surface area contributed by atoms with Crippen molar-refractivity contribution in [2.24, 2.45) is 0 Å². The zero-order chi connectivity index (χ0) is 19.1. The molecular formula is C21H19N3O4. The fourth-order valence-corrected chi connectivity index (χ4v) is 3.54. The Labute approximate surface area is 160 Å². The van der Waals surface area contributed by atoms with Crippen molar-refractivity contribution in [3.8, 4) is 11.5 Å². The maximum Gasteiger partial charge on any atom is 0.294 e. The Morgan fingerprint density at radius 2 is 1.93 bits per heavy atom. The summed E-state index contributed by atoms with van der Waals surface area (Å²) in [5.41, 5.74) is 1.24. The molecule has 0 saturated heterocycles. The standard InChI is InChI=1S/C21H19N3O4/c1-24(10-13-12-26-16-8-4-5-9-17(16)27-13)11-18-22-19-14-6-2-3-7-15(14)28-20(19)21(25)23-18/h2-9,13H,10-12H2,1H3,(H,22,23,25). The lowest BCUT2D eigenvalue weighted by molar-refractivity contribution is 0.0632. The minimum Gasteiger partial charge on any atom is -0.486 e. The Balaban J connectivity index is 1.35. The van der Waals surface area contributed by atoms with Crippen LogP contribution in [0.1, 0.15) is 5.82 Å². The fourth-order valence-electron chi connectivity index (χ4n) is 3.54. The number of ether oxygens (including phenoxy) is 2. The maximum absolute atomic E-state index is 12.4. The molecule has 0 bridgehead atoms. The summed E-state index contributed by atoms with van der Waals surface area (Å²) in [4.78, 5) is 21.9. The van der Waals surface area contributed by atoms with Gasteiger partial charge >= 0.3 is 0 Å². The number of H-pyrrole nitrogens is 1. The number of fused-ring (bicyclic) bond motifs is 4. The Kier molecular flexibility index (Phi) is 4.02. The van der Waals surface area contributed by atoms with Crippen molar-refractivity contribution >= 4 is 22.1 Å². The molecule has 0 aliphatic carbocycles. The molecule has 1 N–H and O–H groups in total. The van der Waals surface area contributed by atoms with E-state index < -0.39 is 0 Å². The third-order valence-electron chi connectivity index (χ3n) is 4.78. The number of benzene rings is 2. The molecule has 0 radical (unpaired) electrons. The number of nitrogens with one attached hydrogen (secondary N) is 1. The molecule has 1 atom stereocenters. The first-order valence-electron chi connectivity index (χ1n) is 9.15. The molecule has 142 valence electrons. The molecule has 0 amide bonds. The molecule has 28 heavy (non-hydrogen) atoms. The summed E-state index contributed by atoms with van der Waals surface area (Å²) in [5, 5.41) is 0.841. The average molecular weight is 377 g/mol. The van der Waals surface area contributed by atoms with Gasteiger partial charge in [0.15, 0.2) is 11.5 Å². The van der Waals surface area contributed by atoms with Crippen molar-refractivity contribution in [3.63, 3.8) is 0 Å². The topological polar surface area (TPSA) is 80.6 Å². The van der Waals surface area contributed by atoms with Gasteiger partial charge in [-0.1, -0.05) is 24.3 Å². The van der Waals surface area contributed by atoms with E-state index in [-0.39, 0.29) is 17.2 Å². The number of aromatic amines is 1. The summed E-state index contributed by atoms with van der Waals surface area (Å²) < 4.78 is 17.4. The van der Waals surface area contributed by atoms with Crippen molar-refractivity contribution in [2.45, 2.75) is 12.6 Å². The second kappa shape index (κ2) is 6.69. The van der Waals surface area contributed by atoms with Crippen LogP contribution in [0, 0.1) is 0 Å². The monoisotopic (exact) mass is 377 g/mol. The summed E-state index contributed by atoms with van der Waals surface area (Å²) >= 11 is 0. The average Bonchev–Trinajstić information content (AvgIpc) is 3.07. The van der Waals surface area contributed by atoms with Crippen LogP contribution in [0.3, 0.4) is 0 Å². The van der Waals surface area contributed by atoms with Crippen molar-refractivity contribution < 1.29 is 13.9 Å². The van der Waals surface area contributed by atoms with Gasteiger partial charge in [-0.3, -0.25) is 9.69 Å². The van der Waals surface area contributed by atoms with Crippen LogP contribution in [0.5, 0.6) is 11.5 Å². The van der Waals surface area contributed by atoms with E-state index >= 15 is 0 Å². The number of furan rings is 1. The first-order chi connectivity index (χ1) is 13.7. The summed E-state index contributed by atoms with van der Waals surface area (Å²) in [6, 6.07) is 15.2. The van der Waals surface area contributed by atoms with Gasteiger partial charge in [0.05, 0.1) is 6.54 Å². The van der Waals surface area contributed by atoms with Crippen molar-refractivity contribution in [2.75, 3.05) is 20.2 Å². The summed E-state index contributed by atoms with van der Waals surface area (Å²) in [6.45, 7) is 1.60. The lowest BCUT2D eigenvalue weighted by Gasteiger charge is -2.29. The molecule has 0 fully saturated rings. The molecule has 0 spiro atoms. The predicted molar refractivity (Wildman–Crippen MR) is 105 cm³/mol. The highest BCUT2D eigenvalue weighted by molar-refractivity contribution is 6.01. The van der Waals surface area contributed by atoms with E-state index in [1.807, 2.05) is 60.5 Å². The van der Waals surface area contributed by atoms with Crippen LogP contribution in [-0.2, 0) is 6.54 Å². The van der Waals surface area contributed by atoms with E-state index in [4.69, 9.17) is 13.9 Å². The highest BCUT2D eigenvalue weighted by Gasteiger charge is 2.22. The zero-order valence-corrected chi connectivity index (χ0v) is 15.3. The molecule has 7 nitrogen and oxygen atoms in total. The van der Waals surface area contributed by atoms with Gasteiger partial charge in [-0.15, -0.1) is 0 Å². The second-order valence-electron chi connectivity index (χ2n) is 6.98. The minimum absolute atomic E-state index is 0.0925. The molecular weight excluding hydrogens is 358 g/mol. The molecule has 5 rings (SSSR count). The normalized spacial score (nSPS) is 16.1. The summed E-state index contributed by atoms with van der Waals surface area (Å²) in [5.74, 6) is 2.11. The van der Waals surface area contributed by atoms with Crippen LogP contribution in [0.15, 0.2) is 57.7 Å². The van der Waals surface area contributed by atoms with Crippen LogP contribution in [-0.4, -0.2) is 41.2 Å². The van der Waals surface area contributed by atoms with E-state index in [1.54, 1.807) is 0 Å². The lowest BCUT2D eigenvalue weighted by Crippen LogP contribution is -2.39. The molecule has 1 aliphatic heterocycles. The van der Waals surface area contributed by atoms with E-state index in [0.29, 0.717) is 36.6 Å². The number of hydrogen-bond acceptors (Lipinski definition) is 6. The number of hydrogen-bond donors (Lipinski definition) is 1. The van der Waals surface area contributed by atoms with Gasteiger partial charge in [-0.25, -0.2) is 4.98 Å². The van der Waals surface area contributed by atoms with Crippen LogP contribution in [0.2, 0.25) is 0 Å². The molecule has 4 aromatic rings. The van der Waals surface area contributed by atoms with E-state index in [9.17, 15) is 4.79 Å². The van der Waals surface area contributed by atoms with E-state index in [0.717, 1.165) is 16.9 Å². The number of likely N-dealkylation sites (N-methyl/N-ethyl adjacent to an activating group) is 1. The molecule has 7 heteroatoms. The SMILES string of the molecule is CN(Cc1nc2c(oc3ccccc32)c(=O)[nH]1)CC1COc2ccccc2O1. The maximum atomic E-state index is 12.4. The van der Waals surface area contributed by atoms with Crippen LogP contribution in [0.25, 0.3) is 22.1 Å². The quantitative estimate of drug-likeness (QED) is 0.589. The van der Waals surface area contributed by atoms with Gasteiger partial charge in [0.25, 0.3) is 5.56 Å². The van der Waals surface area contributed by atoms with Gasteiger partial charge in [-0.05, 0) is 31.3 Å². The van der Waals surface area contributed by atoms with Gasteiger partial charge in [0.1, 0.15) is 29.6 Å². The minimum atomic E-state index is -0.268. The number of nitrogens with zero attached hydrogens (tertiary/aromatic N) is 2. The third kappa shape index (κ3) is 2.99. The van der Waals surface area contributed by atoms with Crippen molar-refractivity contribution in [3.05, 3.63) is 64.7 Å². The van der Waals surface area contributed by atoms with Gasteiger partial charge in [-0.2, -0.15) is 0 Å². The van der Waals surface area contributed by atoms with E-state index in [2.05, 4.69) is 9.97 Å². The van der Waals surface area contributed by atoms with Crippen LogP contribution >= 0.6 is 0 Å². The Bertz CT molecular complexity index is 1210. The highest BCUT2D eigenvalue weighted by Crippen LogP contribution is 2.31. The first kappa shape index (κ1) is 16.8. The number of rotatable bonds is 4. The molecule has 1 aliphatic rings. The molecule has 1 unspecified atom stereocenters. The summed E-state index contributed by atoms with van der Waals surface area (Å²) in [7, 11) is 1.96. The molecule has 0 saturated carbocycles. The zero-order valence-electron chi connectivity index (χ0n) is 15.3. The lowest BCUT2D eigenvalue weighted by atomic mass is 10.2. The van der Waals surface area contributed by atoms with Gasteiger partial charge < -0.3 is 18.9 Å². The van der Waals surface area contributed by atoms with Gasteiger partial charge in [0, 0.05) is 11.9 Å². The largest absolute Gasteiger partial charge is 0.486 e. The van der Waals surface area contributed by atoms with Crippen molar-refractivity contribution in [1.82, 2.24) is 14.9 Å². The van der Waals surface area contributed by atoms with Crippen LogP contribution in [0.4, 0.5) is 0 Å². The van der Waals surface area contributed by atoms with Gasteiger partial charge in [0.2, 0.25) is 5.58 Å². The van der Waals surface area contributed by atoms with E-state index in [1.165, 1.54) is 0 Å².